The Morgan fingerprint density at radius 3 is 2.54 bits per heavy atom. The van der Waals surface area contributed by atoms with Crippen molar-refractivity contribution in [3.8, 4) is 16.9 Å². The minimum Gasteiger partial charge on any atom is -0.496 e. The van der Waals surface area contributed by atoms with Gasteiger partial charge in [0, 0.05) is 24.6 Å². The van der Waals surface area contributed by atoms with Crippen LogP contribution in [-0.4, -0.2) is 35.5 Å². The number of benzene rings is 2. The Morgan fingerprint density at radius 2 is 1.93 bits per heavy atom. The lowest BCUT2D eigenvalue weighted by atomic mass is 9.95. The zero-order chi connectivity index (χ0) is 20.3. The van der Waals surface area contributed by atoms with Gasteiger partial charge in [-0.15, -0.1) is 0 Å². The Balaban J connectivity index is 2.02. The van der Waals surface area contributed by atoms with E-state index in [0.29, 0.717) is 35.5 Å². The summed E-state index contributed by atoms with van der Waals surface area (Å²) in [5, 5.41) is 9.09. The maximum absolute atomic E-state index is 14.0. The average molecular weight is 385 g/mol. The van der Waals surface area contributed by atoms with Crippen molar-refractivity contribution in [2.24, 2.45) is 5.92 Å². The smallest absolute Gasteiger partial charge is 0.307 e. The number of carboxylic acids is 1. The molecule has 1 aliphatic carbocycles. The van der Waals surface area contributed by atoms with Crippen LogP contribution in [0, 0.1) is 11.7 Å². The zero-order valence-electron chi connectivity index (χ0n) is 16.1. The molecule has 28 heavy (non-hydrogen) atoms. The zero-order valence-corrected chi connectivity index (χ0v) is 16.1. The van der Waals surface area contributed by atoms with Crippen LogP contribution in [0.4, 0.5) is 4.39 Å². The lowest BCUT2D eigenvalue weighted by molar-refractivity contribution is -0.136. The number of nitrogens with zero attached hydrogens (tertiary/aromatic N) is 1. The summed E-state index contributed by atoms with van der Waals surface area (Å²) >= 11 is 0. The van der Waals surface area contributed by atoms with Gasteiger partial charge in [-0.2, -0.15) is 0 Å². The molecule has 1 fully saturated rings. The number of carbonyl (C=O) groups excluding carboxylic acids is 1. The molecule has 1 saturated carbocycles. The molecule has 0 atom stereocenters. The Labute approximate surface area is 163 Å². The van der Waals surface area contributed by atoms with Gasteiger partial charge in [-0.25, -0.2) is 4.39 Å². The summed E-state index contributed by atoms with van der Waals surface area (Å²) in [6.07, 6.45) is 1.71. The van der Waals surface area contributed by atoms with E-state index in [1.165, 1.54) is 19.2 Å². The number of amides is 1. The number of rotatable bonds is 8. The van der Waals surface area contributed by atoms with Gasteiger partial charge in [-0.1, -0.05) is 12.1 Å². The summed E-state index contributed by atoms with van der Waals surface area (Å²) in [6, 6.07) is 9.62. The predicted octanol–water partition coefficient (Wildman–Crippen LogP) is 3.89. The fourth-order valence-electron chi connectivity index (χ4n) is 3.35. The maximum atomic E-state index is 14.0. The quantitative estimate of drug-likeness (QED) is 0.749. The number of ether oxygens (including phenoxy) is 1. The van der Waals surface area contributed by atoms with Crippen LogP contribution in [0.3, 0.4) is 0 Å². The standard InChI is InChI=1S/C22H24FNO4/c1-3-24(22(27)15-5-6-15)13-16-12-17(23)7-8-18(16)19-10-14(11-21(25)26)4-9-20(19)28-2/h4,7-10,12,15H,3,5-6,11,13H2,1-2H3,(H,25,26). The Hall–Kier alpha value is -2.89. The molecule has 6 heteroatoms. The second-order valence-electron chi connectivity index (χ2n) is 7.03. The molecular formula is C22H24FNO4. The molecule has 148 valence electrons. The third kappa shape index (κ3) is 4.50. The summed E-state index contributed by atoms with van der Waals surface area (Å²) < 4.78 is 19.5. The monoisotopic (exact) mass is 385 g/mol. The average Bonchev–Trinajstić information content (AvgIpc) is 3.50. The van der Waals surface area contributed by atoms with Gasteiger partial charge in [0.05, 0.1) is 13.5 Å². The van der Waals surface area contributed by atoms with Crippen LogP contribution in [0.25, 0.3) is 11.1 Å². The molecule has 0 aliphatic heterocycles. The van der Waals surface area contributed by atoms with Crippen molar-refractivity contribution in [3.05, 3.63) is 53.3 Å². The molecule has 1 aliphatic rings. The highest BCUT2D eigenvalue weighted by molar-refractivity contribution is 5.82. The van der Waals surface area contributed by atoms with Gasteiger partial charge in [-0.3, -0.25) is 9.59 Å². The fraction of sp³-hybridized carbons (Fsp3) is 0.364. The molecule has 0 saturated heterocycles. The van der Waals surface area contributed by atoms with Crippen molar-refractivity contribution >= 4 is 11.9 Å². The van der Waals surface area contributed by atoms with E-state index in [-0.39, 0.29) is 24.1 Å². The van der Waals surface area contributed by atoms with Crippen LogP contribution in [0.1, 0.15) is 30.9 Å². The normalized spacial score (nSPS) is 13.2. The molecule has 0 radical (unpaired) electrons. The number of hydrogen-bond acceptors (Lipinski definition) is 3. The summed E-state index contributed by atoms with van der Waals surface area (Å²) in [6.45, 7) is 2.75. The van der Waals surface area contributed by atoms with E-state index < -0.39 is 5.97 Å². The fourth-order valence-corrected chi connectivity index (χ4v) is 3.35. The van der Waals surface area contributed by atoms with Gasteiger partial charge in [0.2, 0.25) is 5.91 Å². The first-order valence-electron chi connectivity index (χ1n) is 9.39. The van der Waals surface area contributed by atoms with E-state index in [1.54, 1.807) is 29.2 Å². The summed E-state index contributed by atoms with van der Waals surface area (Å²) in [4.78, 5) is 25.3. The number of aliphatic carboxylic acids is 1. The first kappa shape index (κ1) is 19.9. The first-order valence-corrected chi connectivity index (χ1v) is 9.39. The molecule has 2 aromatic carbocycles. The van der Waals surface area contributed by atoms with Crippen molar-refractivity contribution < 1.29 is 23.8 Å². The lowest BCUT2D eigenvalue weighted by Crippen LogP contribution is -2.31. The molecule has 5 nitrogen and oxygen atoms in total. The lowest BCUT2D eigenvalue weighted by Gasteiger charge is -2.23. The molecule has 0 bridgehead atoms. The topological polar surface area (TPSA) is 66.8 Å². The van der Waals surface area contributed by atoms with Crippen molar-refractivity contribution in [1.29, 1.82) is 0 Å². The summed E-state index contributed by atoms with van der Waals surface area (Å²) in [5.41, 5.74) is 2.71. The van der Waals surface area contributed by atoms with Crippen LogP contribution in [0.2, 0.25) is 0 Å². The van der Waals surface area contributed by atoms with Crippen molar-refractivity contribution in [2.45, 2.75) is 32.7 Å². The number of hydrogen-bond donors (Lipinski definition) is 1. The molecule has 0 aromatic heterocycles. The van der Waals surface area contributed by atoms with Gasteiger partial charge in [0.1, 0.15) is 11.6 Å². The second kappa shape index (κ2) is 8.42. The molecule has 1 N–H and O–H groups in total. The van der Waals surface area contributed by atoms with E-state index in [2.05, 4.69) is 0 Å². The van der Waals surface area contributed by atoms with Gasteiger partial charge < -0.3 is 14.7 Å². The van der Waals surface area contributed by atoms with Crippen LogP contribution in [0.5, 0.6) is 5.75 Å². The molecular weight excluding hydrogens is 361 g/mol. The van der Waals surface area contributed by atoms with E-state index in [1.807, 2.05) is 6.92 Å². The number of carboxylic acid groups (broad SMARTS) is 1. The highest BCUT2D eigenvalue weighted by atomic mass is 19.1. The van der Waals surface area contributed by atoms with Gasteiger partial charge in [0.25, 0.3) is 0 Å². The second-order valence-corrected chi connectivity index (χ2v) is 7.03. The largest absolute Gasteiger partial charge is 0.496 e. The highest BCUT2D eigenvalue weighted by Crippen LogP contribution is 2.36. The SMILES string of the molecule is CCN(Cc1cc(F)ccc1-c1cc(CC(=O)O)ccc1OC)C(=O)C1CC1. The van der Waals surface area contributed by atoms with Crippen molar-refractivity contribution in [1.82, 2.24) is 4.90 Å². The van der Waals surface area contributed by atoms with Crippen molar-refractivity contribution in [3.63, 3.8) is 0 Å². The minimum absolute atomic E-state index is 0.0883. The Kier molecular flexibility index (Phi) is 5.97. The van der Waals surface area contributed by atoms with Crippen LogP contribution in [0.15, 0.2) is 36.4 Å². The van der Waals surface area contributed by atoms with Crippen LogP contribution >= 0.6 is 0 Å². The number of halogens is 1. The van der Waals surface area contributed by atoms with E-state index in [9.17, 15) is 14.0 Å². The molecule has 2 aromatic rings. The Bertz CT molecular complexity index is 892. The maximum Gasteiger partial charge on any atom is 0.307 e. The predicted molar refractivity (Wildman–Crippen MR) is 104 cm³/mol. The molecule has 0 heterocycles. The first-order chi connectivity index (χ1) is 13.4. The minimum atomic E-state index is -0.928. The van der Waals surface area contributed by atoms with Crippen LogP contribution < -0.4 is 4.74 Å². The number of carbonyl (C=O) groups is 2. The highest BCUT2D eigenvalue weighted by Gasteiger charge is 2.33. The summed E-state index contributed by atoms with van der Waals surface area (Å²) in [7, 11) is 1.54. The van der Waals surface area contributed by atoms with E-state index in [0.717, 1.165) is 18.4 Å². The third-order valence-electron chi connectivity index (χ3n) is 4.96. The molecule has 1 amide bonds. The molecule has 0 spiro atoms. The number of methoxy groups -OCH3 is 1. The molecule has 3 rings (SSSR count). The van der Waals surface area contributed by atoms with Gasteiger partial charge in [-0.05, 0) is 60.7 Å². The Morgan fingerprint density at radius 1 is 1.18 bits per heavy atom. The summed E-state index contributed by atoms with van der Waals surface area (Å²) in [5.74, 6) is -0.551. The van der Waals surface area contributed by atoms with Crippen molar-refractivity contribution in [2.75, 3.05) is 13.7 Å². The van der Waals surface area contributed by atoms with Gasteiger partial charge >= 0.3 is 5.97 Å². The van der Waals surface area contributed by atoms with E-state index in [4.69, 9.17) is 9.84 Å². The molecule has 0 unspecified atom stereocenters. The van der Waals surface area contributed by atoms with Crippen LogP contribution in [-0.2, 0) is 22.6 Å². The van der Waals surface area contributed by atoms with Gasteiger partial charge in [0.15, 0.2) is 0 Å². The van der Waals surface area contributed by atoms with E-state index >= 15 is 0 Å². The third-order valence-corrected chi connectivity index (χ3v) is 4.96.